The summed E-state index contributed by atoms with van der Waals surface area (Å²) in [4.78, 5) is 54.2. The number of alkyl halides is 2. The number of hydrogen-bond donors (Lipinski definition) is 2. The minimum absolute atomic E-state index is 0.0384. The number of rotatable bonds is 4. The van der Waals surface area contributed by atoms with Crippen molar-refractivity contribution in [2.24, 2.45) is 11.8 Å². The number of carbonyl (C=O) groups is 4. The number of imide groups is 1. The Morgan fingerprint density at radius 1 is 0.683 bits per heavy atom. The van der Waals surface area contributed by atoms with Crippen LogP contribution >= 0.6 is 31.9 Å². The van der Waals surface area contributed by atoms with Crippen LogP contribution < -0.4 is 10.2 Å². The summed E-state index contributed by atoms with van der Waals surface area (Å²) in [5.41, 5.74) is 4.63. The maximum Gasteiger partial charge on any atom is 0.335 e. The molecule has 7 nitrogen and oxygen atoms in total. The average molecular weight is 672 g/mol. The molecule has 8 rings (SSSR count). The highest BCUT2D eigenvalue weighted by atomic mass is 79.9. The minimum atomic E-state index is -1.11. The summed E-state index contributed by atoms with van der Waals surface area (Å²) >= 11 is 7.99. The standard InChI is InChI=1S/C32H20Br2N2O5/c33-31-21-11-1-2-12-22(21)32(34,24-14-4-3-13-23(24)31)26-25(31)28(38)36(29(26)39)20-10-6-7-17(16-20)27(37)35-19-9-5-8-18(15-19)30(40)41/h1-16,25-26H,(H,35,37)(H,40,41)/t25-,26-,31?,32?/m1/s1. The lowest BCUT2D eigenvalue weighted by Crippen LogP contribution is -2.56. The Kier molecular flexibility index (Phi) is 5.65. The molecule has 0 spiro atoms. The van der Waals surface area contributed by atoms with E-state index in [0.29, 0.717) is 11.4 Å². The van der Waals surface area contributed by atoms with Crippen molar-refractivity contribution >= 4 is 66.9 Å². The number of aromatic carboxylic acids is 1. The van der Waals surface area contributed by atoms with Crippen molar-refractivity contribution in [3.8, 4) is 0 Å². The van der Waals surface area contributed by atoms with Gasteiger partial charge in [-0.3, -0.25) is 14.4 Å². The molecule has 4 aliphatic rings. The number of carboxylic acid groups (broad SMARTS) is 1. The zero-order chi connectivity index (χ0) is 28.7. The lowest BCUT2D eigenvalue weighted by atomic mass is 9.54. The zero-order valence-corrected chi connectivity index (χ0v) is 24.3. The summed E-state index contributed by atoms with van der Waals surface area (Å²) in [5.74, 6) is -3.76. The van der Waals surface area contributed by atoms with Gasteiger partial charge < -0.3 is 10.4 Å². The molecule has 1 saturated heterocycles. The summed E-state index contributed by atoms with van der Waals surface area (Å²) in [6.07, 6.45) is 0. The van der Waals surface area contributed by atoms with Crippen molar-refractivity contribution in [2.45, 2.75) is 8.65 Å². The fraction of sp³-hybridized carbons (Fsp3) is 0.125. The third-order valence-corrected chi connectivity index (χ3v) is 11.0. The van der Waals surface area contributed by atoms with E-state index in [9.17, 15) is 24.3 Å². The van der Waals surface area contributed by atoms with E-state index in [1.807, 2.05) is 48.5 Å². The molecule has 4 aromatic rings. The molecule has 0 radical (unpaired) electrons. The SMILES string of the molecule is O=C(O)c1cccc(NC(=O)c2cccc(N3C(=O)[C@H]4[C@H](C3=O)C3(Br)c5ccccc5C4(Br)c4ccccc43)c2)c1. The summed E-state index contributed by atoms with van der Waals surface area (Å²) in [6.45, 7) is 0. The summed E-state index contributed by atoms with van der Waals surface area (Å²) in [6, 6.07) is 28.0. The first-order valence-electron chi connectivity index (χ1n) is 12.9. The lowest BCUT2D eigenvalue weighted by molar-refractivity contribution is -0.122. The first-order chi connectivity index (χ1) is 19.7. The highest BCUT2D eigenvalue weighted by molar-refractivity contribution is 9.10. The number of benzene rings is 4. The van der Waals surface area contributed by atoms with E-state index >= 15 is 0 Å². The molecular weight excluding hydrogens is 652 g/mol. The van der Waals surface area contributed by atoms with Gasteiger partial charge in [0.15, 0.2) is 0 Å². The second kappa shape index (κ2) is 8.96. The predicted octanol–water partition coefficient (Wildman–Crippen LogP) is 6.05. The maximum absolute atomic E-state index is 14.3. The molecule has 2 atom stereocenters. The van der Waals surface area contributed by atoms with Crippen LogP contribution in [-0.4, -0.2) is 28.8 Å². The van der Waals surface area contributed by atoms with Crippen LogP contribution in [0.1, 0.15) is 43.0 Å². The van der Waals surface area contributed by atoms with Gasteiger partial charge in [-0.2, -0.15) is 0 Å². The van der Waals surface area contributed by atoms with E-state index in [-0.39, 0.29) is 22.9 Å². The smallest absolute Gasteiger partial charge is 0.335 e. The van der Waals surface area contributed by atoms with E-state index in [2.05, 4.69) is 37.2 Å². The van der Waals surface area contributed by atoms with Crippen LogP contribution in [0.3, 0.4) is 0 Å². The molecule has 41 heavy (non-hydrogen) atoms. The van der Waals surface area contributed by atoms with Crippen LogP contribution in [0.15, 0.2) is 97.1 Å². The Morgan fingerprint density at radius 3 is 1.68 bits per heavy atom. The first-order valence-corrected chi connectivity index (χ1v) is 14.5. The second-order valence-corrected chi connectivity index (χ2v) is 12.9. The van der Waals surface area contributed by atoms with Crippen molar-refractivity contribution in [3.63, 3.8) is 0 Å². The molecule has 1 heterocycles. The van der Waals surface area contributed by atoms with Crippen molar-refractivity contribution < 1.29 is 24.3 Å². The van der Waals surface area contributed by atoms with E-state index in [1.165, 1.54) is 29.2 Å². The molecule has 3 aliphatic carbocycles. The van der Waals surface area contributed by atoms with Crippen LogP contribution in [0.4, 0.5) is 11.4 Å². The fourth-order valence-corrected chi connectivity index (χ4v) is 8.94. The van der Waals surface area contributed by atoms with Gasteiger partial charge in [-0.25, -0.2) is 9.69 Å². The number of nitrogens with one attached hydrogen (secondary N) is 1. The molecule has 0 aromatic heterocycles. The van der Waals surface area contributed by atoms with Gasteiger partial charge in [-0.15, -0.1) is 0 Å². The van der Waals surface area contributed by atoms with Crippen LogP contribution in [0, 0.1) is 11.8 Å². The van der Waals surface area contributed by atoms with Gasteiger partial charge in [0.1, 0.15) is 0 Å². The third-order valence-electron chi connectivity index (χ3n) is 8.32. The molecular formula is C32H20Br2N2O5. The number of amides is 3. The highest BCUT2D eigenvalue weighted by Crippen LogP contribution is 2.70. The highest BCUT2D eigenvalue weighted by Gasteiger charge is 2.72. The second-order valence-electron chi connectivity index (χ2n) is 10.4. The molecule has 3 amide bonds. The third kappa shape index (κ3) is 3.42. The molecule has 9 heteroatoms. The van der Waals surface area contributed by atoms with Gasteiger partial charge in [0.25, 0.3) is 5.91 Å². The van der Waals surface area contributed by atoms with E-state index < -0.39 is 32.4 Å². The Bertz CT molecular complexity index is 1710. The Morgan fingerprint density at radius 2 is 1.17 bits per heavy atom. The number of carbonyl (C=O) groups excluding carboxylic acids is 3. The Hall–Kier alpha value is -4.08. The van der Waals surface area contributed by atoms with Crippen LogP contribution in [0.5, 0.6) is 0 Å². The largest absolute Gasteiger partial charge is 0.478 e. The molecule has 202 valence electrons. The molecule has 0 unspecified atom stereocenters. The topological polar surface area (TPSA) is 104 Å². The van der Waals surface area contributed by atoms with Crippen molar-refractivity contribution in [3.05, 3.63) is 130 Å². The molecule has 4 aromatic carbocycles. The predicted molar refractivity (Wildman–Crippen MR) is 160 cm³/mol. The molecule has 1 aliphatic heterocycles. The lowest BCUT2D eigenvalue weighted by Gasteiger charge is -2.55. The molecule has 1 fully saturated rings. The summed E-state index contributed by atoms with van der Waals surface area (Å²) in [5, 5.41) is 12.0. The van der Waals surface area contributed by atoms with Crippen molar-refractivity contribution in [1.29, 1.82) is 0 Å². The van der Waals surface area contributed by atoms with Gasteiger partial charge in [0.2, 0.25) is 11.8 Å². The quantitative estimate of drug-likeness (QED) is 0.203. The van der Waals surface area contributed by atoms with Gasteiger partial charge in [0, 0.05) is 11.3 Å². The monoisotopic (exact) mass is 670 g/mol. The first kappa shape index (κ1) is 25.9. The van der Waals surface area contributed by atoms with Crippen LogP contribution in [0.2, 0.25) is 0 Å². The maximum atomic E-state index is 14.3. The fourth-order valence-electron chi connectivity index (χ4n) is 6.64. The van der Waals surface area contributed by atoms with Crippen LogP contribution in [-0.2, 0) is 18.2 Å². The molecule has 2 N–H and O–H groups in total. The normalized spacial score (nSPS) is 25.4. The number of hydrogen-bond acceptors (Lipinski definition) is 4. The zero-order valence-electron chi connectivity index (χ0n) is 21.2. The van der Waals surface area contributed by atoms with Crippen LogP contribution in [0.25, 0.3) is 0 Å². The minimum Gasteiger partial charge on any atom is -0.478 e. The van der Waals surface area contributed by atoms with E-state index in [0.717, 1.165) is 22.3 Å². The average Bonchev–Trinajstić information content (AvgIpc) is 3.27. The number of nitrogens with zero attached hydrogens (tertiary/aromatic N) is 1. The van der Waals surface area contributed by atoms with Gasteiger partial charge >= 0.3 is 5.97 Å². The van der Waals surface area contributed by atoms with Gasteiger partial charge in [-0.05, 0) is 58.7 Å². The van der Waals surface area contributed by atoms with E-state index in [4.69, 9.17) is 0 Å². The van der Waals surface area contributed by atoms with E-state index in [1.54, 1.807) is 24.3 Å². The van der Waals surface area contributed by atoms with Gasteiger partial charge in [-0.1, -0.05) is 92.5 Å². The van der Waals surface area contributed by atoms with Crippen molar-refractivity contribution in [1.82, 2.24) is 0 Å². The Labute approximate surface area is 251 Å². The number of carboxylic acids is 1. The Balaban J connectivity index is 1.29. The van der Waals surface area contributed by atoms with Crippen molar-refractivity contribution in [2.75, 3.05) is 10.2 Å². The number of halogens is 2. The summed E-state index contributed by atoms with van der Waals surface area (Å²) in [7, 11) is 0. The molecule has 0 saturated carbocycles. The summed E-state index contributed by atoms with van der Waals surface area (Å²) < 4.78 is -1.82. The molecule has 2 bridgehead atoms. The number of anilines is 2. The van der Waals surface area contributed by atoms with Gasteiger partial charge in [0.05, 0.1) is 31.7 Å².